The zero-order chi connectivity index (χ0) is 25.8. The van der Waals surface area contributed by atoms with E-state index in [1.54, 1.807) is 0 Å². The molecule has 0 aromatic heterocycles. The van der Waals surface area contributed by atoms with Gasteiger partial charge in [-0.25, -0.2) is 8.42 Å². The second-order valence-electron chi connectivity index (χ2n) is 7.86. The van der Waals surface area contributed by atoms with E-state index in [0.29, 0.717) is 12.8 Å². The van der Waals surface area contributed by atoms with Crippen LogP contribution in [0.15, 0.2) is 53.4 Å². The summed E-state index contributed by atoms with van der Waals surface area (Å²) in [6.07, 6.45) is -4.41. The number of ether oxygens (including phenoxy) is 2. The summed E-state index contributed by atoms with van der Waals surface area (Å²) in [6.45, 7) is -0.0513. The minimum absolute atomic E-state index is 0.0415. The molecule has 1 aliphatic heterocycles. The first kappa shape index (κ1) is 26.3. The Morgan fingerprint density at radius 3 is 2.34 bits per heavy atom. The highest BCUT2D eigenvalue weighted by molar-refractivity contribution is 7.89. The Morgan fingerprint density at radius 2 is 1.71 bits per heavy atom. The topological polar surface area (TPSA) is 119 Å². The molecule has 2 aromatic rings. The smallest absolute Gasteiger partial charge is 0.490 e. The number of nitrogens with two attached hydrogens (primary N) is 1. The normalized spacial score (nSPS) is 15.2. The molecule has 190 valence electrons. The number of benzene rings is 2. The van der Waals surface area contributed by atoms with Crippen LogP contribution in [0.25, 0.3) is 0 Å². The van der Waals surface area contributed by atoms with Gasteiger partial charge in [0, 0.05) is 39.0 Å². The average molecular weight is 516 g/mol. The van der Waals surface area contributed by atoms with E-state index in [-0.39, 0.29) is 35.4 Å². The summed E-state index contributed by atoms with van der Waals surface area (Å²) < 4.78 is 73.5. The molecule has 1 heterocycles. The Labute approximate surface area is 200 Å². The molecule has 0 atom stereocenters. The predicted molar refractivity (Wildman–Crippen MR) is 118 cm³/mol. The number of primary amides is 1. The molecule has 2 N–H and O–H groups in total. The summed E-state index contributed by atoms with van der Waals surface area (Å²) in [5.41, 5.74) is 5.06. The number of alkyl halides is 3. The molecule has 9 nitrogen and oxygen atoms in total. The summed E-state index contributed by atoms with van der Waals surface area (Å²) in [5.74, 6) is -1.54. The largest absolute Gasteiger partial charge is 0.573 e. The average Bonchev–Trinajstić information content (AvgIpc) is 2.78. The van der Waals surface area contributed by atoms with Gasteiger partial charge in [-0.3, -0.25) is 9.59 Å². The first-order chi connectivity index (χ1) is 16.4. The van der Waals surface area contributed by atoms with Crippen LogP contribution in [-0.2, 0) is 14.8 Å². The van der Waals surface area contributed by atoms with E-state index in [2.05, 4.69) is 4.74 Å². The minimum atomic E-state index is -4.82. The lowest BCUT2D eigenvalue weighted by atomic mass is 10.1. The first-order valence-corrected chi connectivity index (χ1v) is 12.0. The van der Waals surface area contributed by atoms with Crippen LogP contribution in [0.3, 0.4) is 0 Å². The number of carbonyl (C=O) groups excluding carboxylic acids is 2. The highest BCUT2D eigenvalue weighted by Gasteiger charge is 2.32. The monoisotopic (exact) mass is 515 g/mol. The Bertz CT molecular complexity index is 1180. The fraction of sp³-hybridized carbons (Fsp3) is 0.364. The third-order valence-corrected chi connectivity index (χ3v) is 7.12. The van der Waals surface area contributed by atoms with Crippen molar-refractivity contribution in [1.29, 1.82) is 0 Å². The molecule has 0 aliphatic carbocycles. The van der Waals surface area contributed by atoms with Crippen molar-refractivity contribution in [2.75, 3.05) is 26.7 Å². The van der Waals surface area contributed by atoms with Crippen molar-refractivity contribution in [3.63, 3.8) is 0 Å². The van der Waals surface area contributed by atoms with Crippen molar-refractivity contribution in [3.8, 4) is 11.5 Å². The molecule has 0 saturated carbocycles. The van der Waals surface area contributed by atoms with Gasteiger partial charge >= 0.3 is 6.36 Å². The highest BCUT2D eigenvalue weighted by Crippen LogP contribution is 2.28. The quantitative estimate of drug-likeness (QED) is 0.577. The van der Waals surface area contributed by atoms with Gasteiger partial charge < -0.3 is 20.1 Å². The molecular weight excluding hydrogens is 491 g/mol. The third-order valence-electron chi connectivity index (χ3n) is 5.26. The van der Waals surface area contributed by atoms with Gasteiger partial charge in [0.15, 0.2) is 0 Å². The molecule has 0 bridgehead atoms. The molecule has 0 unspecified atom stereocenters. The van der Waals surface area contributed by atoms with Crippen molar-refractivity contribution in [2.24, 2.45) is 5.73 Å². The van der Waals surface area contributed by atoms with E-state index in [1.165, 1.54) is 48.3 Å². The summed E-state index contributed by atoms with van der Waals surface area (Å²) >= 11 is 0. The molecule has 0 radical (unpaired) electrons. The van der Waals surface area contributed by atoms with Crippen molar-refractivity contribution >= 4 is 21.8 Å². The molecule has 3 rings (SSSR count). The third kappa shape index (κ3) is 6.85. The van der Waals surface area contributed by atoms with Gasteiger partial charge in [-0.2, -0.15) is 4.31 Å². The Kier molecular flexibility index (Phi) is 7.90. The summed E-state index contributed by atoms with van der Waals surface area (Å²) in [6, 6.07) is 10.9. The predicted octanol–water partition coefficient (Wildman–Crippen LogP) is 2.37. The summed E-state index contributed by atoms with van der Waals surface area (Å²) in [4.78, 5) is 25.5. The number of nitrogens with zero attached hydrogens (tertiary/aromatic N) is 2. The lowest BCUT2D eigenvalue weighted by Crippen LogP contribution is -2.42. The van der Waals surface area contributed by atoms with Gasteiger partial charge in [0.05, 0.1) is 17.0 Å². The maximum absolute atomic E-state index is 13.1. The maximum atomic E-state index is 13.1. The molecule has 35 heavy (non-hydrogen) atoms. The summed E-state index contributed by atoms with van der Waals surface area (Å²) in [5, 5.41) is 0. The Balaban J connectivity index is 1.67. The number of rotatable bonds is 8. The Hall–Kier alpha value is -3.32. The van der Waals surface area contributed by atoms with Crippen LogP contribution in [-0.4, -0.2) is 68.6 Å². The lowest BCUT2D eigenvalue weighted by molar-refractivity contribution is -0.274. The van der Waals surface area contributed by atoms with Crippen LogP contribution in [0, 0.1) is 0 Å². The number of likely N-dealkylation sites (N-methyl/N-ethyl adjacent to an activating group) is 1. The zero-order valence-corrected chi connectivity index (χ0v) is 19.5. The maximum Gasteiger partial charge on any atom is 0.573 e. The van der Waals surface area contributed by atoms with E-state index in [1.807, 2.05) is 0 Å². The number of carbonyl (C=O) groups is 2. The van der Waals surface area contributed by atoms with Gasteiger partial charge in [0.2, 0.25) is 15.9 Å². The van der Waals surface area contributed by atoms with Crippen LogP contribution in [0.1, 0.15) is 23.2 Å². The van der Waals surface area contributed by atoms with Crippen LogP contribution in [0.2, 0.25) is 0 Å². The number of halogens is 3. The molecule has 1 saturated heterocycles. The van der Waals surface area contributed by atoms with Crippen molar-refractivity contribution in [1.82, 2.24) is 9.21 Å². The number of hydrogen-bond donors (Lipinski definition) is 1. The fourth-order valence-corrected chi connectivity index (χ4v) is 4.94. The fourth-order valence-electron chi connectivity index (χ4n) is 3.62. The van der Waals surface area contributed by atoms with Crippen LogP contribution >= 0.6 is 0 Å². The van der Waals surface area contributed by atoms with Gasteiger partial charge in [0.1, 0.15) is 17.6 Å². The number of sulfonamides is 1. The molecule has 1 fully saturated rings. The molecule has 2 amide bonds. The molecular formula is C22H24F3N3O6S. The molecule has 2 aromatic carbocycles. The van der Waals surface area contributed by atoms with Crippen molar-refractivity contribution in [2.45, 2.75) is 30.2 Å². The van der Waals surface area contributed by atoms with Crippen molar-refractivity contribution in [3.05, 3.63) is 54.1 Å². The SMILES string of the molecule is CN(CC(N)=O)S(=O)(=O)c1ccccc1C(=O)N1CCC(Oc2cccc(OC(F)(F)F)c2)CC1. The van der Waals surface area contributed by atoms with Gasteiger partial charge in [-0.15, -0.1) is 13.2 Å². The number of amides is 2. The van der Waals surface area contributed by atoms with Gasteiger partial charge in [-0.1, -0.05) is 18.2 Å². The van der Waals surface area contributed by atoms with E-state index >= 15 is 0 Å². The van der Waals surface area contributed by atoms with Crippen molar-refractivity contribution < 1.29 is 40.7 Å². The standard InChI is InChI=1S/C22H24F3N3O6S/c1-27(14-20(26)29)35(31,32)19-8-3-2-7-18(19)21(30)28-11-9-15(10-12-28)33-16-5-4-6-17(13-16)34-22(23,24)25/h2-8,13,15H,9-12,14H2,1H3,(H2,26,29). The number of likely N-dealkylation sites (tertiary alicyclic amines) is 1. The molecule has 1 aliphatic rings. The van der Waals surface area contributed by atoms with Crippen LogP contribution < -0.4 is 15.2 Å². The number of hydrogen-bond acceptors (Lipinski definition) is 6. The highest BCUT2D eigenvalue weighted by atomic mass is 32.2. The second-order valence-corrected chi connectivity index (χ2v) is 9.87. The van der Waals surface area contributed by atoms with E-state index in [9.17, 15) is 31.2 Å². The zero-order valence-electron chi connectivity index (χ0n) is 18.7. The molecule has 0 spiro atoms. The lowest BCUT2D eigenvalue weighted by Gasteiger charge is -2.32. The summed E-state index contributed by atoms with van der Waals surface area (Å²) in [7, 11) is -2.96. The van der Waals surface area contributed by atoms with E-state index < -0.39 is 40.5 Å². The first-order valence-electron chi connectivity index (χ1n) is 10.5. The Morgan fingerprint density at radius 1 is 1.09 bits per heavy atom. The van der Waals surface area contributed by atoms with E-state index in [4.69, 9.17) is 10.5 Å². The van der Waals surface area contributed by atoms with Crippen LogP contribution in [0.4, 0.5) is 13.2 Å². The number of piperidine rings is 1. The van der Waals surface area contributed by atoms with E-state index in [0.717, 1.165) is 16.4 Å². The van der Waals surface area contributed by atoms with Crippen LogP contribution in [0.5, 0.6) is 11.5 Å². The minimum Gasteiger partial charge on any atom is -0.490 e. The second kappa shape index (κ2) is 10.5. The van der Waals surface area contributed by atoms with Gasteiger partial charge in [0.25, 0.3) is 5.91 Å². The molecule has 13 heteroatoms. The van der Waals surface area contributed by atoms with Gasteiger partial charge in [-0.05, 0) is 24.3 Å².